The minimum atomic E-state index is -3.63. The average Bonchev–Trinajstić information content (AvgIpc) is 2.59. The van der Waals surface area contributed by atoms with Crippen molar-refractivity contribution < 1.29 is 13.3 Å². The van der Waals surface area contributed by atoms with E-state index < -0.39 is 14.9 Å². The van der Waals surface area contributed by atoms with Gasteiger partial charge in [-0.15, -0.1) is 0 Å². The quantitative estimate of drug-likeness (QED) is 0.624. The highest BCUT2D eigenvalue weighted by molar-refractivity contribution is 7.89. The lowest BCUT2D eigenvalue weighted by Gasteiger charge is -2.16. The molecule has 0 aliphatic rings. The molecule has 1 N–H and O–H groups in total. The van der Waals surface area contributed by atoms with E-state index in [4.69, 9.17) is 5.26 Å². The summed E-state index contributed by atoms with van der Waals surface area (Å²) in [5.74, 6) is 0. The van der Waals surface area contributed by atoms with Crippen molar-refractivity contribution in [1.29, 1.82) is 5.26 Å². The normalized spacial score (nSPS) is 11.1. The molecule has 2 rings (SSSR count). The lowest BCUT2D eigenvalue weighted by atomic mass is 10.1. The van der Waals surface area contributed by atoms with E-state index in [9.17, 15) is 18.5 Å². The summed E-state index contributed by atoms with van der Waals surface area (Å²) < 4.78 is 25.9. The van der Waals surface area contributed by atoms with Gasteiger partial charge in [0.15, 0.2) is 0 Å². The van der Waals surface area contributed by atoms with Gasteiger partial charge in [0, 0.05) is 26.7 Å². The molecule has 2 aromatic carbocycles. The summed E-state index contributed by atoms with van der Waals surface area (Å²) in [5.41, 5.74) is 0.621. The highest BCUT2D eigenvalue weighted by Crippen LogP contribution is 2.27. The first-order valence-corrected chi connectivity index (χ1v) is 8.64. The number of nitrogens with zero attached hydrogens (tertiary/aromatic N) is 3. The van der Waals surface area contributed by atoms with Gasteiger partial charge in [0.1, 0.15) is 5.69 Å². The van der Waals surface area contributed by atoms with Crippen LogP contribution in [0, 0.1) is 21.4 Å². The van der Waals surface area contributed by atoms with E-state index in [-0.39, 0.29) is 28.4 Å². The molecule has 0 aliphatic carbocycles. The van der Waals surface area contributed by atoms with Crippen molar-refractivity contribution in [2.75, 3.05) is 19.4 Å². The van der Waals surface area contributed by atoms with Crippen molar-refractivity contribution in [3.63, 3.8) is 0 Å². The number of nitriles is 1. The van der Waals surface area contributed by atoms with Crippen molar-refractivity contribution in [2.45, 2.75) is 11.4 Å². The van der Waals surface area contributed by atoms with Crippen LogP contribution in [0.25, 0.3) is 0 Å². The van der Waals surface area contributed by atoms with Crippen molar-refractivity contribution in [1.82, 2.24) is 4.31 Å². The number of rotatable bonds is 6. The van der Waals surface area contributed by atoms with Crippen molar-refractivity contribution in [3.05, 3.63) is 63.7 Å². The predicted molar refractivity (Wildman–Crippen MR) is 92.5 cm³/mol. The van der Waals surface area contributed by atoms with Gasteiger partial charge in [-0.2, -0.15) is 5.26 Å². The van der Waals surface area contributed by atoms with E-state index in [0.717, 1.165) is 4.31 Å². The Balaban J connectivity index is 2.36. The van der Waals surface area contributed by atoms with Crippen molar-refractivity contribution in [3.8, 4) is 6.07 Å². The molecule has 0 fully saturated rings. The van der Waals surface area contributed by atoms with E-state index >= 15 is 0 Å². The number of benzene rings is 2. The first-order chi connectivity index (χ1) is 11.8. The first-order valence-electron chi connectivity index (χ1n) is 7.20. The molecule has 0 aliphatic heterocycles. The first kappa shape index (κ1) is 18.4. The van der Waals surface area contributed by atoms with Crippen molar-refractivity contribution in [2.24, 2.45) is 0 Å². The van der Waals surface area contributed by atoms with Crippen LogP contribution in [0.15, 0.2) is 47.4 Å². The van der Waals surface area contributed by atoms with Crippen LogP contribution in [0.2, 0.25) is 0 Å². The molecular formula is C16H16N4O4S. The third-order valence-electron chi connectivity index (χ3n) is 3.52. The van der Waals surface area contributed by atoms with Gasteiger partial charge in [0.05, 0.1) is 21.5 Å². The topological polar surface area (TPSA) is 116 Å². The number of hydrogen-bond acceptors (Lipinski definition) is 6. The van der Waals surface area contributed by atoms with Gasteiger partial charge in [-0.1, -0.05) is 18.2 Å². The van der Waals surface area contributed by atoms with Gasteiger partial charge in [-0.25, -0.2) is 12.7 Å². The van der Waals surface area contributed by atoms with Crippen LogP contribution in [0.3, 0.4) is 0 Å². The van der Waals surface area contributed by atoms with Gasteiger partial charge in [-0.3, -0.25) is 10.1 Å². The second-order valence-electron chi connectivity index (χ2n) is 5.35. The molecule has 0 heterocycles. The summed E-state index contributed by atoms with van der Waals surface area (Å²) in [6, 6.07) is 12.3. The fraction of sp³-hybridized carbons (Fsp3) is 0.188. The van der Waals surface area contributed by atoms with E-state index in [1.54, 1.807) is 18.2 Å². The number of sulfonamides is 1. The highest BCUT2D eigenvalue weighted by Gasteiger charge is 2.21. The molecule has 0 saturated heterocycles. The Morgan fingerprint density at radius 2 is 1.92 bits per heavy atom. The fourth-order valence-corrected chi connectivity index (χ4v) is 3.31. The average molecular weight is 360 g/mol. The van der Waals surface area contributed by atoms with Gasteiger partial charge >= 0.3 is 0 Å². The zero-order valence-electron chi connectivity index (χ0n) is 13.6. The van der Waals surface area contributed by atoms with Crippen LogP contribution in [0.5, 0.6) is 0 Å². The number of hydrogen-bond donors (Lipinski definition) is 1. The molecule has 0 aromatic heterocycles. The summed E-state index contributed by atoms with van der Waals surface area (Å²) in [5, 5.41) is 22.9. The molecule has 8 nitrogen and oxygen atoms in total. The Labute approximate surface area is 145 Å². The summed E-state index contributed by atoms with van der Waals surface area (Å²) in [6.45, 7) is 0.0793. The maximum atomic E-state index is 12.4. The summed E-state index contributed by atoms with van der Waals surface area (Å²) in [7, 11) is -0.762. The number of nitro benzene ring substituents is 1. The third kappa shape index (κ3) is 3.93. The Morgan fingerprint density at radius 3 is 2.52 bits per heavy atom. The standard InChI is InChI=1S/C16H16N4O4S/c1-19(2)25(23,24)16-6-4-3-5-13(16)11-18-14-8-7-12(10-17)9-15(14)20(21)22/h3-9,18H,11H2,1-2H3. The SMILES string of the molecule is CN(C)S(=O)(=O)c1ccccc1CNc1ccc(C#N)cc1[N+](=O)[O-]. The molecule has 0 radical (unpaired) electrons. The third-order valence-corrected chi connectivity index (χ3v) is 5.44. The molecule has 25 heavy (non-hydrogen) atoms. The molecule has 2 aromatic rings. The summed E-state index contributed by atoms with van der Waals surface area (Å²) in [6.07, 6.45) is 0. The van der Waals surface area contributed by atoms with Gasteiger partial charge < -0.3 is 5.32 Å². The monoisotopic (exact) mass is 360 g/mol. The maximum Gasteiger partial charge on any atom is 0.293 e. The van der Waals surface area contributed by atoms with Crippen LogP contribution in [-0.4, -0.2) is 31.7 Å². The van der Waals surface area contributed by atoms with Crippen LogP contribution in [0.1, 0.15) is 11.1 Å². The Bertz CT molecular complexity index is 949. The molecule has 0 spiro atoms. The fourth-order valence-electron chi connectivity index (χ4n) is 2.19. The molecule has 9 heteroatoms. The molecule has 0 bridgehead atoms. The van der Waals surface area contributed by atoms with Gasteiger partial charge in [0.25, 0.3) is 5.69 Å². The second kappa shape index (κ2) is 7.29. The molecular weight excluding hydrogens is 344 g/mol. The Morgan fingerprint density at radius 1 is 1.24 bits per heavy atom. The number of anilines is 1. The molecule has 0 saturated carbocycles. The molecule has 0 unspecified atom stereocenters. The van der Waals surface area contributed by atoms with Crippen LogP contribution >= 0.6 is 0 Å². The van der Waals surface area contributed by atoms with Crippen molar-refractivity contribution >= 4 is 21.4 Å². The molecule has 0 atom stereocenters. The van der Waals surface area contributed by atoms with E-state index in [0.29, 0.717) is 5.56 Å². The molecule has 130 valence electrons. The largest absolute Gasteiger partial charge is 0.375 e. The maximum absolute atomic E-state index is 12.4. The summed E-state index contributed by atoms with van der Waals surface area (Å²) in [4.78, 5) is 10.7. The minimum Gasteiger partial charge on any atom is -0.375 e. The lowest BCUT2D eigenvalue weighted by molar-refractivity contribution is -0.384. The van der Waals surface area contributed by atoms with Gasteiger partial charge in [-0.05, 0) is 23.8 Å². The van der Waals surface area contributed by atoms with E-state index in [1.165, 1.54) is 38.4 Å². The zero-order valence-corrected chi connectivity index (χ0v) is 14.4. The smallest absolute Gasteiger partial charge is 0.293 e. The van der Waals surface area contributed by atoms with E-state index in [1.807, 2.05) is 6.07 Å². The highest BCUT2D eigenvalue weighted by atomic mass is 32.2. The number of nitrogens with one attached hydrogen (secondary N) is 1. The summed E-state index contributed by atoms with van der Waals surface area (Å²) >= 11 is 0. The van der Waals surface area contributed by atoms with Crippen LogP contribution in [-0.2, 0) is 16.6 Å². The molecule has 0 amide bonds. The van der Waals surface area contributed by atoms with Crippen LogP contribution in [0.4, 0.5) is 11.4 Å². The Hall–Kier alpha value is -2.96. The Kier molecular flexibility index (Phi) is 5.36. The predicted octanol–water partition coefficient (Wildman–Crippen LogP) is 2.33. The van der Waals surface area contributed by atoms with E-state index in [2.05, 4.69) is 5.32 Å². The number of nitro groups is 1. The van der Waals surface area contributed by atoms with Gasteiger partial charge in [0.2, 0.25) is 10.0 Å². The lowest BCUT2D eigenvalue weighted by Crippen LogP contribution is -2.23. The zero-order chi connectivity index (χ0) is 18.6. The van der Waals surface area contributed by atoms with Crippen LogP contribution < -0.4 is 5.32 Å². The minimum absolute atomic E-state index is 0.0793. The second-order valence-corrected chi connectivity index (χ2v) is 7.47.